The predicted molar refractivity (Wildman–Crippen MR) is 64.4 cm³/mol. The second kappa shape index (κ2) is 3.43. The molecule has 0 atom stereocenters. The highest BCUT2D eigenvalue weighted by molar-refractivity contribution is 7.03. The summed E-state index contributed by atoms with van der Waals surface area (Å²) in [7, 11) is 0. The number of halogens is 1. The van der Waals surface area contributed by atoms with Crippen molar-refractivity contribution in [1.29, 1.82) is 0 Å². The molecule has 0 aliphatic rings. The third-order valence-corrected chi connectivity index (χ3v) is 2.91. The van der Waals surface area contributed by atoms with Gasteiger partial charge in [-0.2, -0.15) is 0 Å². The first-order valence-corrected chi connectivity index (χ1v) is 5.67. The number of imidazole rings is 1. The van der Waals surface area contributed by atoms with Crippen LogP contribution in [0.15, 0.2) is 17.5 Å². The van der Waals surface area contributed by atoms with Crippen LogP contribution in [-0.4, -0.2) is 19.6 Å². The van der Waals surface area contributed by atoms with Crippen molar-refractivity contribution in [2.45, 2.75) is 0 Å². The summed E-state index contributed by atoms with van der Waals surface area (Å²) in [5, 5.41) is 6.33. The van der Waals surface area contributed by atoms with E-state index in [1.54, 1.807) is 12.1 Å². The Morgan fingerprint density at radius 2 is 2.25 bits per heavy atom. The average molecular weight is 252 g/mol. The van der Waals surface area contributed by atoms with Gasteiger partial charge in [0.2, 0.25) is 0 Å². The molecule has 0 aliphatic heterocycles. The lowest BCUT2D eigenvalue weighted by atomic mass is 10.3. The van der Waals surface area contributed by atoms with Crippen LogP contribution in [0.4, 0.5) is 5.69 Å². The van der Waals surface area contributed by atoms with E-state index in [9.17, 15) is 0 Å². The van der Waals surface area contributed by atoms with Crippen molar-refractivity contribution in [3.8, 4) is 11.5 Å². The molecule has 16 heavy (non-hydrogen) atoms. The number of anilines is 1. The van der Waals surface area contributed by atoms with E-state index >= 15 is 0 Å². The van der Waals surface area contributed by atoms with Crippen molar-refractivity contribution in [3.05, 3.63) is 22.5 Å². The highest BCUT2D eigenvalue weighted by atomic mass is 35.5. The average Bonchev–Trinajstić information content (AvgIpc) is 2.82. The molecule has 0 aliphatic carbocycles. The third-order valence-electron chi connectivity index (χ3n) is 2.18. The molecule has 0 saturated heterocycles. The number of benzene rings is 1. The molecule has 0 radical (unpaired) electrons. The maximum Gasteiger partial charge on any atom is 0.160 e. The molecule has 3 aromatic rings. The number of H-pyrrole nitrogens is 1. The molecule has 0 bridgehead atoms. The minimum atomic E-state index is 0.549. The Hall–Kier alpha value is -1.66. The van der Waals surface area contributed by atoms with Crippen LogP contribution < -0.4 is 5.73 Å². The van der Waals surface area contributed by atoms with Crippen molar-refractivity contribution in [2.75, 3.05) is 5.73 Å². The molecule has 3 N–H and O–H groups in total. The molecule has 0 unspecified atom stereocenters. The summed E-state index contributed by atoms with van der Waals surface area (Å²) in [6, 6.07) is 3.46. The highest BCUT2D eigenvalue weighted by Crippen LogP contribution is 2.26. The zero-order valence-corrected chi connectivity index (χ0v) is 9.51. The van der Waals surface area contributed by atoms with E-state index in [1.165, 1.54) is 11.5 Å². The van der Waals surface area contributed by atoms with Gasteiger partial charge in [0.25, 0.3) is 0 Å². The molecule has 2 aromatic heterocycles. The first-order chi connectivity index (χ1) is 7.74. The summed E-state index contributed by atoms with van der Waals surface area (Å²) in [5.41, 5.74) is 8.58. The van der Waals surface area contributed by atoms with Gasteiger partial charge >= 0.3 is 0 Å². The molecule has 2 heterocycles. The summed E-state index contributed by atoms with van der Waals surface area (Å²) in [5.74, 6) is 0.651. The zero-order chi connectivity index (χ0) is 11.1. The summed E-state index contributed by atoms with van der Waals surface area (Å²) >= 11 is 7.18. The Balaban J connectivity index is 2.27. The molecule has 0 fully saturated rings. The lowest BCUT2D eigenvalue weighted by Gasteiger charge is -1.94. The number of nitrogen functional groups attached to an aromatic ring is 1. The predicted octanol–water partition coefficient (Wildman–Crippen LogP) is 2.32. The minimum Gasteiger partial charge on any atom is -0.397 e. The van der Waals surface area contributed by atoms with E-state index in [0.717, 1.165) is 5.52 Å². The molecule has 0 amide bonds. The minimum absolute atomic E-state index is 0.549. The van der Waals surface area contributed by atoms with Crippen molar-refractivity contribution < 1.29 is 0 Å². The Morgan fingerprint density at radius 3 is 3.00 bits per heavy atom. The second-order valence-electron chi connectivity index (χ2n) is 3.27. The van der Waals surface area contributed by atoms with Crippen molar-refractivity contribution in [1.82, 2.24) is 19.6 Å². The second-order valence-corrected chi connectivity index (χ2v) is 4.31. The fourth-order valence-electron chi connectivity index (χ4n) is 1.50. The Morgan fingerprint density at radius 1 is 1.38 bits per heavy atom. The highest BCUT2D eigenvalue weighted by Gasteiger charge is 2.10. The van der Waals surface area contributed by atoms with Crippen LogP contribution >= 0.6 is 23.1 Å². The summed E-state index contributed by atoms with van der Waals surface area (Å²) < 4.78 is 3.78. The van der Waals surface area contributed by atoms with E-state index in [2.05, 4.69) is 19.6 Å². The number of nitrogens with zero attached hydrogens (tertiary/aromatic N) is 3. The molecular weight excluding hydrogens is 246 g/mol. The number of fused-ring (bicyclic) bond motifs is 1. The molecule has 0 saturated carbocycles. The van der Waals surface area contributed by atoms with Gasteiger partial charge < -0.3 is 10.7 Å². The SMILES string of the molecule is Nc1cc(Cl)cc2[nH]c(-c3csnn3)nc12. The Labute approximate surface area is 99.4 Å². The number of aromatic amines is 1. The van der Waals surface area contributed by atoms with Gasteiger partial charge in [-0.3, -0.25) is 0 Å². The number of nitrogens with two attached hydrogens (primary N) is 1. The fraction of sp³-hybridized carbons (Fsp3) is 0. The number of rotatable bonds is 1. The lowest BCUT2D eigenvalue weighted by molar-refractivity contribution is 1.13. The van der Waals surface area contributed by atoms with Crippen molar-refractivity contribution >= 4 is 39.9 Å². The van der Waals surface area contributed by atoms with Gasteiger partial charge in [0, 0.05) is 10.4 Å². The number of aromatic nitrogens is 4. The fourth-order valence-corrected chi connectivity index (χ4v) is 2.16. The van der Waals surface area contributed by atoms with E-state index in [0.29, 0.717) is 27.7 Å². The first kappa shape index (κ1) is 9.56. The maximum absolute atomic E-state index is 5.90. The van der Waals surface area contributed by atoms with Crippen molar-refractivity contribution in [2.24, 2.45) is 0 Å². The standard InChI is InChI=1S/C9H6ClN5S/c10-4-1-5(11)8-6(2-4)12-9(13-8)7-3-16-15-14-7/h1-3H,11H2,(H,12,13). The molecule has 3 rings (SSSR count). The van der Waals surface area contributed by atoms with Crippen LogP contribution in [0.5, 0.6) is 0 Å². The quantitative estimate of drug-likeness (QED) is 0.651. The van der Waals surface area contributed by atoms with E-state index in [-0.39, 0.29) is 0 Å². The number of hydrogen-bond donors (Lipinski definition) is 2. The van der Waals surface area contributed by atoms with Gasteiger partial charge in [0.05, 0.1) is 11.2 Å². The van der Waals surface area contributed by atoms with Gasteiger partial charge in [0.15, 0.2) is 5.82 Å². The first-order valence-electron chi connectivity index (χ1n) is 4.46. The van der Waals surface area contributed by atoms with Gasteiger partial charge in [-0.15, -0.1) is 5.10 Å². The van der Waals surface area contributed by atoms with Gasteiger partial charge in [-0.05, 0) is 23.7 Å². The topological polar surface area (TPSA) is 80.5 Å². The van der Waals surface area contributed by atoms with Crippen molar-refractivity contribution in [3.63, 3.8) is 0 Å². The third kappa shape index (κ3) is 1.43. The molecule has 0 spiro atoms. The van der Waals surface area contributed by atoms with Crippen LogP contribution in [0.1, 0.15) is 0 Å². The summed E-state index contributed by atoms with van der Waals surface area (Å²) in [6.45, 7) is 0. The zero-order valence-electron chi connectivity index (χ0n) is 7.94. The largest absolute Gasteiger partial charge is 0.397 e. The van der Waals surface area contributed by atoms with Gasteiger partial charge in [-0.25, -0.2) is 4.98 Å². The summed E-state index contributed by atoms with van der Waals surface area (Å²) in [4.78, 5) is 7.47. The maximum atomic E-state index is 5.90. The smallest absolute Gasteiger partial charge is 0.160 e. The van der Waals surface area contributed by atoms with Crippen LogP contribution in [0.2, 0.25) is 5.02 Å². The van der Waals surface area contributed by atoms with E-state index in [4.69, 9.17) is 17.3 Å². The van der Waals surface area contributed by atoms with Crippen LogP contribution in [0, 0.1) is 0 Å². The molecule has 5 nitrogen and oxygen atoms in total. The van der Waals surface area contributed by atoms with E-state index < -0.39 is 0 Å². The molecular formula is C9H6ClN5S. The van der Waals surface area contributed by atoms with Crippen LogP contribution in [-0.2, 0) is 0 Å². The van der Waals surface area contributed by atoms with Gasteiger partial charge in [-0.1, -0.05) is 16.1 Å². The molecule has 80 valence electrons. The Bertz CT molecular complexity index is 645. The van der Waals surface area contributed by atoms with Crippen LogP contribution in [0.25, 0.3) is 22.6 Å². The Kier molecular flexibility index (Phi) is 2.05. The number of hydrogen-bond acceptors (Lipinski definition) is 5. The normalized spacial score (nSPS) is 11.1. The monoisotopic (exact) mass is 251 g/mol. The summed E-state index contributed by atoms with van der Waals surface area (Å²) in [6.07, 6.45) is 0. The van der Waals surface area contributed by atoms with E-state index in [1.807, 2.05) is 5.38 Å². The molecule has 1 aromatic carbocycles. The lowest BCUT2D eigenvalue weighted by Crippen LogP contribution is -1.86. The number of nitrogens with one attached hydrogen (secondary N) is 1. The van der Waals surface area contributed by atoms with Crippen LogP contribution in [0.3, 0.4) is 0 Å². The van der Waals surface area contributed by atoms with Gasteiger partial charge in [0.1, 0.15) is 11.2 Å². The molecule has 7 heteroatoms.